The first kappa shape index (κ1) is 13.2. The van der Waals surface area contributed by atoms with Gasteiger partial charge in [0.05, 0.1) is 16.9 Å². The molecule has 6 nitrogen and oxygen atoms in total. The van der Waals surface area contributed by atoms with Crippen molar-refractivity contribution in [2.75, 3.05) is 13.1 Å². The van der Waals surface area contributed by atoms with E-state index in [2.05, 4.69) is 15.0 Å². The molecule has 3 aromatic rings. The molecule has 1 saturated heterocycles. The summed E-state index contributed by atoms with van der Waals surface area (Å²) in [6, 6.07) is 5.38. The van der Waals surface area contributed by atoms with Crippen LogP contribution in [0.3, 0.4) is 0 Å². The number of rotatable bonds is 2. The molecule has 0 aliphatic carbocycles. The maximum atomic E-state index is 12.6. The van der Waals surface area contributed by atoms with Gasteiger partial charge in [-0.25, -0.2) is 9.97 Å². The molecule has 1 amide bonds. The molecular weight excluding hydrogens is 302 g/mol. The molecule has 0 spiro atoms. The predicted molar refractivity (Wildman–Crippen MR) is 82.2 cm³/mol. The summed E-state index contributed by atoms with van der Waals surface area (Å²) in [7, 11) is 0. The Morgan fingerprint density at radius 3 is 2.86 bits per heavy atom. The molecule has 0 atom stereocenters. The Hall–Kier alpha value is -2.47. The van der Waals surface area contributed by atoms with Crippen molar-refractivity contribution in [3.63, 3.8) is 0 Å². The largest absolute Gasteiger partial charge is 0.336 e. The zero-order valence-electron chi connectivity index (χ0n) is 11.6. The van der Waals surface area contributed by atoms with E-state index in [1.54, 1.807) is 40.2 Å². The molecule has 0 unspecified atom stereocenters. The van der Waals surface area contributed by atoms with Crippen molar-refractivity contribution < 1.29 is 4.79 Å². The van der Waals surface area contributed by atoms with E-state index in [9.17, 15) is 4.79 Å². The topological polar surface area (TPSA) is 63.9 Å². The molecule has 1 fully saturated rings. The molecule has 4 heterocycles. The standard InChI is InChI=1S/C15H12ClN5O/c16-10-7-11(9-17-8-10)21-13-12(3-1-4-18-13)19-14(21)15(22)20-5-2-6-20/h1,3-4,7-9H,2,5-6H2. The molecule has 22 heavy (non-hydrogen) atoms. The summed E-state index contributed by atoms with van der Waals surface area (Å²) in [6.07, 6.45) is 5.91. The molecule has 7 heteroatoms. The molecule has 1 aliphatic rings. The minimum absolute atomic E-state index is 0.0933. The summed E-state index contributed by atoms with van der Waals surface area (Å²) in [5, 5.41) is 0.498. The Kier molecular flexibility index (Phi) is 3.04. The smallest absolute Gasteiger partial charge is 0.290 e. The number of hydrogen-bond donors (Lipinski definition) is 0. The van der Waals surface area contributed by atoms with E-state index in [0.717, 1.165) is 19.5 Å². The van der Waals surface area contributed by atoms with Gasteiger partial charge >= 0.3 is 0 Å². The lowest BCUT2D eigenvalue weighted by molar-refractivity contribution is 0.0637. The highest BCUT2D eigenvalue weighted by Gasteiger charge is 2.27. The van der Waals surface area contributed by atoms with Crippen molar-refractivity contribution in [1.29, 1.82) is 0 Å². The van der Waals surface area contributed by atoms with Crippen molar-refractivity contribution in [1.82, 2.24) is 24.4 Å². The lowest BCUT2D eigenvalue weighted by Crippen LogP contribution is -2.43. The zero-order valence-corrected chi connectivity index (χ0v) is 12.4. The van der Waals surface area contributed by atoms with E-state index >= 15 is 0 Å². The minimum Gasteiger partial charge on any atom is -0.336 e. The summed E-state index contributed by atoms with van der Waals surface area (Å²) in [4.78, 5) is 27.3. The van der Waals surface area contributed by atoms with Gasteiger partial charge in [0.25, 0.3) is 5.91 Å². The van der Waals surface area contributed by atoms with Crippen molar-refractivity contribution >= 4 is 28.7 Å². The summed E-state index contributed by atoms with van der Waals surface area (Å²) < 4.78 is 1.72. The molecular formula is C15H12ClN5O. The first-order valence-electron chi connectivity index (χ1n) is 6.98. The molecule has 0 radical (unpaired) electrons. The van der Waals surface area contributed by atoms with Gasteiger partial charge in [-0.1, -0.05) is 11.6 Å². The molecule has 0 aromatic carbocycles. The van der Waals surface area contributed by atoms with E-state index in [1.165, 1.54) is 0 Å². The summed E-state index contributed by atoms with van der Waals surface area (Å²) in [6.45, 7) is 1.53. The molecule has 110 valence electrons. The van der Waals surface area contributed by atoms with Crippen LogP contribution in [0.2, 0.25) is 5.02 Å². The highest BCUT2D eigenvalue weighted by atomic mass is 35.5. The number of aromatic nitrogens is 4. The highest BCUT2D eigenvalue weighted by Crippen LogP contribution is 2.23. The fraction of sp³-hybridized carbons (Fsp3) is 0.200. The SMILES string of the molecule is O=C(c1nc2cccnc2n1-c1cncc(Cl)c1)N1CCC1. The summed E-state index contributed by atoms with van der Waals surface area (Å²) in [5.74, 6) is 0.252. The van der Waals surface area contributed by atoms with E-state index in [-0.39, 0.29) is 5.91 Å². The number of likely N-dealkylation sites (tertiary alicyclic amines) is 1. The Morgan fingerprint density at radius 2 is 2.14 bits per heavy atom. The number of carbonyl (C=O) groups excluding carboxylic acids is 1. The quantitative estimate of drug-likeness (QED) is 0.728. The molecule has 1 aliphatic heterocycles. The fourth-order valence-corrected chi connectivity index (χ4v) is 2.65. The normalized spacial score (nSPS) is 14.1. The van der Waals surface area contributed by atoms with Gasteiger partial charge in [-0.3, -0.25) is 14.3 Å². The molecule has 0 bridgehead atoms. The average Bonchev–Trinajstić information content (AvgIpc) is 2.84. The fourth-order valence-electron chi connectivity index (χ4n) is 2.48. The van der Waals surface area contributed by atoms with Gasteiger partial charge in [0.1, 0.15) is 5.52 Å². The van der Waals surface area contributed by atoms with Crippen molar-refractivity contribution in [3.05, 3.63) is 47.6 Å². The van der Waals surface area contributed by atoms with Gasteiger partial charge < -0.3 is 4.90 Å². The van der Waals surface area contributed by atoms with Crippen LogP contribution in [0.1, 0.15) is 17.0 Å². The number of nitrogens with zero attached hydrogens (tertiary/aromatic N) is 5. The summed E-state index contributed by atoms with van der Waals surface area (Å²) >= 11 is 6.03. The second-order valence-corrected chi connectivity index (χ2v) is 5.56. The molecule has 0 N–H and O–H groups in total. The van der Waals surface area contributed by atoms with Crippen molar-refractivity contribution in [3.8, 4) is 5.69 Å². The Balaban J connectivity index is 1.95. The number of halogens is 1. The third-order valence-electron chi connectivity index (χ3n) is 3.70. The van der Waals surface area contributed by atoms with Crippen LogP contribution in [-0.2, 0) is 0 Å². The van der Waals surface area contributed by atoms with E-state index in [4.69, 9.17) is 11.6 Å². The third kappa shape index (κ3) is 2.03. The maximum absolute atomic E-state index is 12.6. The number of pyridine rings is 2. The van der Waals surface area contributed by atoms with Crippen molar-refractivity contribution in [2.45, 2.75) is 6.42 Å². The lowest BCUT2D eigenvalue weighted by atomic mass is 10.2. The first-order valence-corrected chi connectivity index (χ1v) is 7.35. The third-order valence-corrected chi connectivity index (χ3v) is 3.91. The van der Waals surface area contributed by atoms with Crippen LogP contribution in [0, 0.1) is 0 Å². The van der Waals surface area contributed by atoms with Crippen LogP contribution >= 0.6 is 11.6 Å². The van der Waals surface area contributed by atoms with Gasteiger partial charge in [0.2, 0.25) is 5.82 Å². The number of amides is 1. The Bertz CT molecular complexity index is 871. The van der Waals surface area contributed by atoms with Crippen LogP contribution in [-0.4, -0.2) is 43.4 Å². The van der Waals surface area contributed by atoms with Gasteiger partial charge in [-0.05, 0) is 24.6 Å². The van der Waals surface area contributed by atoms with E-state index in [1.807, 2.05) is 6.07 Å². The van der Waals surface area contributed by atoms with Gasteiger partial charge in [-0.15, -0.1) is 0 Å². The first-order chi connectivity index (χ1) is 10.7. The monoisotopic (exact) mass is 313 g/mol. The number of hydrogen-bond acceptors (Lipinski definition) is 4. The highest BCUT2D eigenvalue weighted by molar-refractivity contribution is 6.30. The van der Waals surface area contributed by atoms with Crippen LogP contribution in [0.5, 0.6) is 0 Å². The second kappa shape index (κ2) is 5.06. The van der Waals surface area contributed by atoms with Gasteiger partial charge in [-0.2, -0.15) is 0 Å². The minimum atomic E-state index is -0.0933. The second-order valence-electron chi connectivity index (χ2n) is 5.12. The van der Waals surface area contributed by atoms with Crippen molar-refractivity contribution in [2.24, 2.45) is 0 Å². The number of imidazole rings is 1. The average molecular weight is 314 g/mol. The Morgan fingerprint density at radius 1 is 1.27 bits per heavy atom. The van der Waals surface area contributed by atoms with Crippen LogP contribution < -0.4 is 0 Å². The molecule has 4 rings (SSSR count). The Labute approximate surface area is 131 Å². The number of carbonyl (C=O) groups is 1. The van der Waals surface area contributed by atoms with E-state index < -0.39 is 0 Å². The lowest BCUT2D eigenvalue weighted by Gasteiger charge is -2.30. The van der Waals surface area contributed by atoms with Gasteiger partial charge in [0, 0.05) is 25.5 Å². The number of fused-ring (bicyclic) bond motifs is 1. The molecule has 3 aromatic heterocycles. The maximum Gasteiger partial charge on any atom is 0.290 e. The molecule has 0 saturated carbocycles. The van der Waals surface area contributed by atoms with Crippen LogP contribution in [0.15, 0.2) is 36.8 Å². The van der Waals surface area contributed by atoms with Crippen LogP contribution in [0.25, 0.3) is 16.9 Å². The zero-order chi connectivity index (χ0) is 15.1. The van der Waals surface area contributed by atoms with Gasteiger partial charge in [0.15, 0.2) is 5.65 Å². The van der Waals surface area contributed by atoms with E-state index in [0.29, 0.717) is 27.7 Å². The van der Waals surface area contributed by atoms with Crippen LogP contribution in [0.4, 0.5) is 0 Å². The summed E-state index contributed by atoms with van der Waals surface area (Å²) in [5.41, 5.74) is 1.97. The predicted octanol–water partition coefficient (Wildman–Crippen LogP) is 2.31.